The third-order valence-corrected chi connectivity index (χ3v) is 2.59. The normalized spacial score (nSPS) is 9.75. The van der Waals surface area contributed by atoms with Crippen LogP contribution in [0.4, 0.5) is 0 Å². The number of nitrogens with zero attached hydrogens (tertiary/aromatic N) is 2. The molecule has 0 saturated carbocycles. The Balaban J connectivity index is 2.27. The fraction of sp³-hybridized carbons (Fsp3) is 0.0769. The van der Waals surface area contributed by atoms with Gasteiger partial charge in [0, 0.05) is 17.7 Å². The van der Waals surface area contributed by atoms with Gasteiger partial charge in [-0.1, -0.05) is 29.8 Å². The second-order valence-electron chi connectivity index (χ2n) is 3.46. The SMILES string of the molecule is N#Cc1ccccc1C[n+]1ccc(Cl)cc1. The van der Waals surface area contributed by atoms with E-state index < -0.39 is 0 Å². The molecule has 2 aromatic rings. The number of halogens is 1. The first kappa shape index (κ1) is 10.7. The highest BCUT2D eigenvalue weighted by atomic mass is 35.5. The Kier molecular flexibility index (Phi) is 3.19. The average Bonchev–Trinajstić information content (AvgIpc) is 2.33. The predicted octanol–water partition coefficient (Wildman–Crippen LogP) is 2.55. The summed E-state index contributed by atoms with van der Waals surface area (Å²) < 4.78 is 1.99. The summed E-state index contributed by atoms with van der Waals surface area (Å²) in [6.07, 6.45) is 3.80. The van der Waals surface area contributed by atoms with Crippen LogP contribution in [0.2, 0.25) is 5.02 Å². The van der Waals surface area contributed by atoms with Crippen molar-refractivity contribution in [1.29, 1.82) is 5.26 Å². The Labute approximate surface area is 99.3 Å². The molecule has 1 heterocycles. The summed E-state index contributed by atoms with van der Waals surface area (Å²) in [6.45, 7) is 0.681. The number of nitriles is 1. The van der Waals surface area contributed by atoms with Crippen LogP contribution in [0.1, 0.15) is 11.1 Å². The van der Waals surface area contributed by atoms with Gasteiger partial charge in [0.15, 0.2) is 18.9 Å². The molecule has 0 N–H and O–H groups in total. The topological polar surface area (TPSA) is 27.7 Å². The lowest BCUT2D eigenvalue weighted by Gasteiger charge is -1.99. The van der Waals surface area contributed by atoms with E-state index in [1.165, 1.54) is 0 Å². The summed E-state index contributed by atoms with van der Waals surface area (Å²) in [5.41, 5.74) is 1.72. The van der Waals surface area contributed by atoms with E-state index in [1.807, 2.05) is 53.4 Å². The summed E-state index contributed by atoms with van der Waals surface area (Å²) in [6, 6.07) is 13.4. The molecule has 0 atom stereocenters. The number of pyridine rings is 1. The van der Waals surface area contributed by atoms with Crippen LogP contribution in [0.15, 0.2) is 48.8 Å². The molecule has 0 saturated heterocycles. The molecule has 0 aliphatic heterocycles. The summed E-state index contributed by atoms with van der Waals surface area (Å²) in [4.78, 5) is 0. The predicted molar refractivity (Wildman–Crippen MR) is 61.9 cm³/mol. The van der Waals surface area contributed by atoms with Gasteiger partial charge in [0.1, 0.15) is 0 Å². The van der Waals surface area contributed by atoms with Gasteiger partial charge in [-0.15, -0.1) is 0 Å². The third kappa shape index (κ3) is 2.39. The van der Waals surface area contributed by atoms with E-state index in [-0.39, 0.29) is 0 Å². The molecule has 0 radical (unpaired) electrons. The molecule has 0 unspecified atom stereocenters. The molecule has 0 aliphatic carbocycles. The molecule has 0 amide bonds. The van der Waals surface area contributed by atoms with Crippen LogP contribution in [0.25, 0.3) is 0 Å². The number of hydrogen-bond acceptors (Lipinski definition) is 1. The zero-order valence-electron chi connectivity index (χ0n) is 8.60. The van der Waals surface area contributed by atoms with Crippen LogP contribution in [-0.2, 0) is 6.54 Å². The Bertz CT molecular complexity index is 526. The van der Waals surface area contributed by atoms with Gasteiger partial charge in [0.25, 0.3) is 0 Å². The van der Waals surface area contributed by atoms with Crippen molar-refractivity contribution in [2.45, 2.75) is 6.54 Å². The van der Waals surface area contributed by atoms with Crippen molar-refractivity contribution in [2.75, 3.05) is 0 Å². The molecule has 2 rings (SSSR count). The van der Waals surface area contributed by atoms with Gasteiger partial charge in [-0.3, -0.25) is 0 Å². The van der Waals surface area contributed by atoms with Gasteiger partial charge in [0.05, 0.1) is 16.7 Å². The number of benzene rings is 1. The fourth-order valence-electron chi connectivity index (χ4n) is 1.51. The van der Waals surface area contributed by atoms with Crippen molar-refractivity contribution in [3.63, 3.8) is 0 Å². The van der Waals surface area contributed by atoms with Crippen molar-refractivity contribution < 1.29 is 4.57 Å². The smallest absolute Gasteiger partial charge is 0.175 e. The Morgan fingerprint density at radius 1 is 1.12 bits per heavy atom. The first-order valence-corrected chi connectivity index (χ1v) is 5.30. The van der Waals surface area contributed by atoms with E-state index in [2.05, 4.69) is 6.07 Å². The minimum Gasteiger partial charge on any atom is -0.201 e. The van der Waals surface area contributed by atoms with Gasteiger partial charge in [-0.05, 0) is 6.07 Å². The van der Waals surface area contributed by atoms with E-state index in [0.717, 1.165) is 5.56 Å². The van der Waals surface area contributed by atoms with Crippen molar-refractivity contribution in [1.82, 2.24) is 0 Å². The largest absolute Gasteiger partial charge is 0.201 e. The van der Waals surface area contributed by atoms with Gasteiger partial charge in [-0.25, -0.2) is 4.57 Å². The van der Waals surface area contributed by atoms with Crippen LogP contribution >= 0.6 is 11.6 Å². The number of rotatable bonds is 2. The first-order chi connectivity index (χ1) is 7.79. The lowest BCUT2D eigenvalue weighted by Crippen LogP contribution is -2.33. The molecule has 0 bridgehead atoms. The molecule has 0 fully saturated rings. The average molecular weight is 230 g/mol. The highest BCUT2D eigenvalue weighted by molar-refractivity contribution is 6.30. The van der Waals surface area contributed by atoms with E-state index >= 15 is 0 Å². The molecule has 0 spiro atoms. The molecular weight excluding hydrogens is 220 g/mol. The van der Waals surface area contributed by atoms with E-state index in [9.17, 15) is 0 Å². The van der Waals surface area contributed by atoms with Gasteiger partial charge < -0.3 is 0 Å². The molecule has 78 valence electrons. The number of aromatic nitrogens is 1. The number of hydrogen-bond donors (Lipinski definition) is 0. The highest BCUT2D eigenvalue weighted by Gasteiger charge is 2.06. The summed E-state index contributed by atoms with van der Waals surface area (Å²) in [5.74, 6) is 0. The van der Waals surface area contributed by atoms with Crippen molar-refractivity contribution in [3.05, 3.63) is 64.9 Å². The van der Waals surface area contributed by atoms with E-state index in [1.54, 1.807) is 0 Å². The highest BCUT2D eigenvalue weighted by Crippen LogP contribution is 2.07. The van der Waals surface area contributed by atoms with Gasteiger partial charge >= 0.3 is 0 Å². The molecule has 2 nitrogen and oxygen atoms in total. The van der Waals surface area contributed by atoms with E-state index in [0.29, 0.717) is 17.1 Å². The van der Waals surface area contributed by atoms with Crippen LogP contribution in [0, 0.1) is 11.3 Å². The lowest BCUT2D eigenvalue weighted by atomic mass is 10.1. The maximum absolute atomic E-state index is 8.96. The van der Waals surface area contributed by atoms with Gasteiger partial charge in [-0.2, -0.15) is 5.26 Å². The third-order valence-electron chi connectivity index (χ3n) is 2.34. The van der Waals surface area contributed by atoms with Gasteiger partial charge in [0.2, 0.25) is 0 Å². The van der Waals surface area contributed by atoms with E-state index in [4.69, 9.17) is 16.9 Å². The minimum atomic E-state index is 0.681. The second kappa shape index (κ2) is 4.78. The zero-order chi connectivity index (χ0) is 11.4. The van der Waals surface area contributed by atoms with Crippen LogP contribution in [0.3, 0.4) is 0 Å². The summed E-state index contributed by atoms with van der Waals surface area (Å²) >= 11 is 5.81. The van der Waals surface area contributed by atoms with Crippen molar-refractivity contribution >= 4 is 11.6 Å². The quantitative estimate of drug-likeness (QED) is 0.728. The minimum absolute atomic E-state index is 0.681. The second-order valence-corrected chi connectivity index (χ2v) is 3.89. The Hall–Kier alpha value is -1.85. The van der Waals surface area contributed by atoms with Crippen LogP contribution in [-0.4, -0.2) is 0 Å². The molecule has 1 aromatic heterocycles. The standard InChI is InChI=1S/C13H10ClN2/c14-13-5-7-16(8-6-13)10-12-4-2-1-3-11(12)9-15/h1-8H,10H2/q+1. The zero-order valence-corrected chi connectivity index (χ0v) is 9.35. The fourth-order valence-corrected chi connectivity index (χ4v) is 1.62. The van der Waals surface area contributed by atoms with Crippen molar-refractivity contribution in [3.8, 4) is 6.07 Å². The Morgan fingerprint density at radius 2 is 1.81 bits per heavy atom. The maximum atomic E-state index is 8.96. The first-order valence-electron chi connectivity index (χ1n) is 4.92. The molecule has 1 aromatic carbocycles. The Morgan fingerprint density at radius 3 is 2.50 bits per heavy atom. The van der Waals surface area contributed by atoms with Crippen molar-refractivity contribution in [2.24, 2.45) is 0 Å². The lowest BCUT2D eigenvalue weighted by molar-refractivity contribution is -0.688. The summed E-state index contributed by atoms with van der Waals surface area (Å²) in [7, 11) is 0. The molecule has 0 aliphatic rings. The molecular formula is C13H10ClN2+. The van der Waals surface area contributed by atoms with Crippen LogP contribution in [0.5, 0.6) is 0 Å². The molecule has 16 heavy (non-hydrogen) atoms. The van der Waals surface area contributed by atoms with Crippen LogP contribution < -0.4 is 4.57 Å². The monoisotopic (exact) mass is 229 g/mol. The molecule has 3 heteroatoms. The summed E-state index contributed by atoms with van der Waals surface area (Å²) in [5, 5.41) is 9.67. The maximum Gasteiger partial charge on any atom is 0.175 e.